The first-order valence-corrected chi connectivity index (χ1v) is 7.19. The van der Waals surface area contributed by atoms with E-state index in [2.05, 4.69) is 58.0 Å². The zero-order valence-electron chi connectivity index (χ0n) is 12.3. The maximum absolute atomic E-state index is 12.6. The monoisotopic (exact) mass is 254 g/mol. The van der Waals surface area contributed by atoms with E-state index >= 15 is 0 Å². The van der Waals surface area contributed by atoms with Crippen molar-refractivity contribution < 1.29 is 4.79 Å². The highest BCUT2D eigenvalue weighted by molar-refractivity contribution is 6.06. The summed E-state index contributed by atoms with van der Waals surface area (Å²) in [5.74, 6) is 0.619. The van der Waals surface area contributed by atoms with Gasteiger partial charge >= 0.3 is 0 Å². The molecule has 2 aliphatic rings. The molecule has 2 saturated carbocycles. The molecule has 0 aliphatic heterocycles. The van der Waals surface area contributed by atoms with Crippen LogP contribution in [0.4, 0.5) is 0 Å². The number of benzene rings is 1. The summed E-state index contributed by atoms with van der Waals surface area (Å²) in [7, 11) is 0. The van der Waals surface area contributed by atoms with Crippen molar-refractivity contribution in [3.05, 3.63) is 41.0 Å². The van der Waals surface area contributed by atoms with E-state index in [9.17, 15) is 4.79 Å². The quantitative estimate of drug-likeness (QED) is 0.679. The molecule has 1 aromatic carbocycles. The molecule has 100 valence electrons. The van der Waals surface area contributed by atoms with E-state index < -0.39 is 0 Å². The summed E-state index contributed by atoms with van der Waals surface area (Å²) in [6, 6.07) is 8.44. The fourth-order valence-electron chi connectivity index (χ4n) is 3.96. The third kappa shape index (κ3) is 1.57. The second kappa shape index (κ2) is 3.82. The third-order valence-electron chi connectivity index (χ3n) is 5.79. The van der Waals surface area contributed by atoms with Gasteiger partial charge in [-0.15, -0.1) is 0 Å². The Morgan fingerprint density at radius 2 is 1.79 bits per heavy atom. The van der Waals surface area contributed by atoms with Crippen molar-refractivity contribution in [3.8, 4) is 0 Å². The van der Waals surface area contributed by atoms with E-state index in [0.29, 0.717) is 5.78 Å². The molecule has 1 nitrogen and oxygen atoms in total. The van der Waals surface area contributed by atoms with E-state index in [-0.39, 0.29) is 16.7 Å². The predicted octanol–water partition coefficient (Wildman–Crippen LogP) is 4.40. The van der Waals surface area contributed by atoms with Crippen LogP contribution in [0.25, 0.3) is 6.08 Å². The van der Waals surface area contributed by atoms with Gasteiger partial charge in [0.05, 0.1) is 0 Å². The molecule has 1 aromatic rings. The highest BCUT2D eigenvalue weighted by atomic mass is 16.1. The topological polar surface area (TPSA) is 17.1 Å². The van der Waals surface area contributed by atoms with E-state index in [4.69, 9.17) is 0 Å². The SMILES string of the molecule is Cc1ccc(/C=C2/C(=O)[C@@H]3CC[C@]2(C)C3(C)C)cc1. The number of hydrogen-bond acceptors (Lipinski definition) is 1. The van der Waals surface area contributed by atoms with Gasteiger partial charge in [0.2, 0.25) is 0 Å². The van der Waals surface area contributed by atoms with Gasteiger partial charge in [0.25, 0.3) is 0 Å². The zero-order chi connectivity index (χ0) is 13.8. The average Bonchev–Trinajstić information content (AvgIpc) is 2.66. The smallest absolute Gasteiger partial charge is 0.163 e. The second-order valence-electron chi connectivity index (χ2n) is 6.98. The number of rotatable bonds is 1. The molecule has 0 spiro atoms. The van der Waals surface area contributed by atoms with E-state index in [0.717, 1.165) is 24.0 Å². The van der Waals surface area contributed by atoms with Gasteiger partial charge < -0.3 is 0 Å². The van der Waals surface area contributed by atoms with E-state index in [1.165, 1.54) is 5.56 Å². The molecule has 0 radical (unpaired) electrons. The van der Waals surface area contributed by atoms with Crippen LogP contribution in [0.1, 0.15) is 44.7 Å². The molecule has 2 fully saturated rings. The number of ketones is 1. The van der Waals surface area contributed by atoms with Gasteiger partial charge in [-0.2, -0.15) is 0 Å². The van der Waals surface area contributed by atoms with Gasteiger partial charge in [-0.05, 0) is 36.8 Å². The third-order valence-corrected chi connectivity index (χ3v) is 5.79. The van der Waals surface area contributed by atoms with Gasteiger partial charge in [-0.1, -0.05) is 50.6 Å². The number of hydrogen-bond donors (Lipinski definition) is 0. The lowest BCUT2D eigenvalue weighted by atomic mass is 9.69. The second-order valence-corrected chi connectivity index (χ2v) is 6.98. The maximum Gasteiger partial charge on any atom is 0.163 e. The Labute approximate surface area is 115 Å². The van der Waals surface area contributed by atoms with E-state index in [1.807, 2.05) is 0 Å². The van der Waals surface area contributed by atoms with Crippen molar-refractivity contribution in [3.63, 3.8) is 0 Å². The molecule has 0 aromatic heterocycles. The average molecular weight is 254 g/mol. The highest BCUT2D eigenvalue weighted by Crippen LogP contribution is 2.66. The molecule has 0 saturated heterocycles. The zero-order valence-corrected chi connectivity index (χ0v) is 12.3. The van der Waals surface area contributed by atoms with Crippen LogP contribution in [0, 0.1) is 23.7 Å². The lowest BCUT2D eigenvalue weighted by molar-refractivity contribution is -0.119. The minimum Gasteiger partial charge on any atom is -0.294 e. The number of aryl methyl sites for hydroxylation is 1. The number of fused-ring (bicyclic) bond motifs is 2. The fraction of sp³-hybridized carbons (Fsp3) is 0.500. The number of allylic oxidation sites excluding steroid dienone is 1. The molecule has 3 rings (SSSR count). The van der Waals surface area contributed by atoms with Gasteiger partial charge in [-0.25, -0.2) is 0 Å². The Morgan fingerprint density at radius 3 is 2.32 bits per heavy atom. The first-order valence-electron chi connectivity index (χ1n) is 7.19. The van der Waals surface area contributed by atoms with Gasteiger partial charge in [0.15, 0.2) is 5.78 Å². The van der Waals surface area contributed by atoms with Crippen LogP contribution in [0.3, 0.4) is 0 Å². The van der Waals surface area contributed by atoms with Crippen LogP contribution < -0.4 is 0 Å². The van der Waals surface area contributed by atoms with Crippen molar-refractivity contribution in [2.24, 2.45) is 16.7 Å². The van der Waals surface area contributed by atoms with Crippen LogP contribution in [0.5, 0.6) is 0 Å². The predicted molar refractivity (Wildman–Crippen MR) is 78.8 cm³/mol. The van der Waals surface area contributed by atoms with Crippen LogP contribution in [0.15, 0.2) is 29.8 Å². The largest absolute Gasteiger partial charge is 0.294 e. The minimum absolute atomic E-state index is 0.0552. The summed E-state index contributed by atoms with van der Waals surface area (Å²) in [6.45, 7) is 8.89. The Morgan fingerprint density at radius 1 is 1.16 bits per heavy atom. The summed E-state index contributed by atoms with van der Waals surface area (Å²) >= 11 is 0. The van der Waals surface area contributed by atoms with Gasteiger partial charge in [-0.3, -0.25) is 4.79 Å². The first kappa shape index (κ1) is 12.7. The summed E-state index contributed by atoms with van der Waals surface area (Å²) in [4.78, 5) is 12.6. The van der Waals surface area contributed by atoms with Crippen LogP contribution in [-0.2, 0) is 4.79 Å². The molecule has 2 atom stereocenters. The van der Waals surface area contributed by atoms with Crippen LogP contribution >= 0.6 is 0 Å². The summed E-state index contributed by atoms with van der Waals surface area (Å²) in [5, 5.41) is 0. The lowest BCUT2D eigenvalue weighted by Gasteiger charge is -2.34. The molecule has 19 heavy (non-hydrogen) atoms. The van der Waals surface area contributed by atoms with Crippen molar-refractivity contribution in [1.29, 1.82) is 0 Å². The minimum atomic E-state index is 0.0552. The molecule has 2 bridgehead atoms. The van der Waals surface area contributed by atoms with Crippen molar-refractivity contribution in [1.82, 2.24) is 0 Å². The maximum atomic E-state index is 12.6. The molecule has 2 aliphatic carbocycles. The molecule has 1 heteroatoms. The molecule has 0 heterocycles. The van der Waals surface area contributed by atoms with Gasteiger partial charge in [0, 0.05) is 16.9 Å². The van der Waals surface area contributed by atoms with E-state index in [1.54, 1.807) is 0 Å². The summed E-state index contributed by atoms with van der Waals surface area (Å²) < 4.78 is 0. The highest BCUT2D eigenvalue weighted by Gasteiger charge is 2.63. The van der Waals surface area contributed by atoms with Gasteiger partial charge in [0.1, 0.15) is 0 Å². The Bertz CT molecular complexity index is 562. The van der Waals surface area contributed by atoms with Crippen LogP contribution in [-0.4, -0.2) is 5.78 Å². The Hall–Kier alpha value is -1.37. The first-order chi connectivity index (χ1) is 8.86. The number of carbonyl (C=O) groups excluding carboxylic acids is 1. The standard InChI is InChI=1S/C18H22O/c1-12-5-7-13(8-6-12)11-15-16(19)14-9-10-18(15,4)17(14,2)3/h5-8,11,14H,9-10H2,1-4H3/b15-11-/t14-,18-/m0/s1. The number of carbonyl (C=O) groups is 1. The fourth-order valence-corrected chi connectivity index (χ4v) is 3.96. The Kier molecular flexibility index (Phi) is 2.54. The van der Waals surface area contributed by atoms with Crippen molar-refractivity contribution in [2.45, 2.75) is 40.5 Å². The molecular weight excluding hydrogens is 232 g/mol. The van der Waals surface area contributed by atoms with Crippen molar-refractivity contribution >= 4 is 11.9 Å². The van der Waals surface area contributed by atoms with Crippen molar-refractivity contribution in [2.75, 3.05) is 0 Å². The molecule has 0 N–H and O–H groups in total. The normalized spacial score (nSPS) is 34.2. The molecule has 0 amide bonds. The summed E-state index contributed by atoms with van der Waals surface area (Å²) in [5.41, 5.74) is 3.63. The number of Topliss-reactive ketones (excluding diaryl/α,β-unsaturated/α-hetero) is 1. The molecular formula is C18H22O. The van der Waals surface area contributed by atoms with Crippen LogP contribution in [0.2, 0.25) is 0 Å². The Balaban J connectivity index is 2.07. The lowest BCUT2D eigenvalue weighted by Crippen LogP contribution is -2.27. The molecule has 0 unspecified atom stereocenters. The summed E-state index contributed by atoms with van der Waals surface area (Å²) in [6.07, 6.45) is 4.34.